The van der Waals surface area contributed by atoms with Gasteiger partial charge in [0, 0.05) is 10.0 Å². The molecule has 0 saturated carbocycles. The molecule has 0 fully saturated rings. The molecule has 3 aromatic rings. The highest BCUT2D eigenvalue weighted by molar-refractivity contribution is 9.10. The minimum absolute atomic E-state index is 0.154. The summed E-state index contributed by atoms with van der Waals surface area (Å²) in [6.07, 6.45) is 1.53. The molecule has 0 bridgehead atoms. The van der Waals surface area contributed by atoms with Crippen molar-refractivity contribution in [3.05, 3.63) is 88.4 Å². The second-order valence-electron chi connectivity index (χ2n) is 6.44. The summed E-state index contributed by atoms with van der Waals surface area (Å²) in [6, 6.07) is 22.6. The SMILES string of the molecule is CCOc1ccc(Br)cc1/C=N\NC(=O)COc1ccc(OCc2ccccc2)cc1. The van der Waals surface area contributed by atoms with Gasteiger partial charge in [-0.15, -0.1) is 0 Å². The highest BCUT2D eigenvalue weighted by atomic mass is 79.9. The van der Waals surface area contributed by atoms with Gasteiger partial charge in [0.2, 0.25) is 0 Å². The van der Waals surface area contributed by atoms with E-state index in [1.165, 1.54) is 6.21 Å². The molecular formula is C24H23BrN2O4. The van der Waals surface area contributed by atoms with Gasteiger partial charge in [0.25, 0.3) is 5.91 Å². The highest BCUT2D eigenvalue weighted by Gasteiger charge is 2.04. The summed E-state index contributed by atoms with van der Waals surface area (Å²) >= 11 is 3.41. The number of ether oxygens (including phenoxy) is 3. The van der Waals surface area contributed by atoms with Crippen LogP contribution in [0, 0.1) is 0 Å². The Kier molecular flexibility index (Phi) is 8.48. The molecule has 0 aliphatic carbocycles. The van der Waals surface area contributed by atoms with Crippen molar-refractivity contribution < 1.29 is 19.0 Å². The lowest BCUT2D eigenvalue weighted by Gasteiger charge is -2.09. The van der Waals surface area contributed by atoms with Crippen LogP contribution in [0.5, 0.6) is 17.2 Å². The van der Waals surface area contributed by atoms with E-state index in [0.717, 1.165) is 21.3 Å². The Hall–Kier alpha value is -3.32. The zero-order chi connectivity index (χ0) is 21.9. The van der Waals surface area contributed by atoms with Crippen LogP contribution >= 0.6 is 15.9 Å². The molecule has 0 aliphatic rings. The molecule has 1 N–H and O–H groups in total. The van der Waals surface area contributed by atoms with Crippen LogP contribution in [0.2, 0.25) is 0 Å². The van der Waals surface area contributed by atoms with Gasteiger partial charge < -0.3 is 14.2 Å². The molecule has 0 aromatic heterocycles. The fourth-order valence-electron chi connectivity index (χ4n) is 2.64. The van der Waals surface area contributed by atoms with Crippen LogP contribution in [0.1, 0.15) is 18.1 Å². The van der Waals surface area contributed by atoms with Crippen molar-refractivity contribution >= 4 is 28.1 Å². The Labute approximate surface area is 190 Å². The van der Waals surface area contributed by atoms with Crippen molar-refractivity contribution in [2.45, 2.75) is 13.5 Å². The summed E-state index contributed by atoms with van der Waals surface area (Å²) in [6.45, 7) is 2.78. The van der Waals surface area contributed by atoms with E-state index in [1.807, 2.05) is 55.5 Å². The maximum atomic E-state index is 12.0. The molecule has 0 spiro atoms. The zero-order valence-corrected chi connectivity index (χ0v) is 18.7. The largest absolute Gasteiger partial charge is 0.493 e. The predicted molar refractivity (Wildman–Crippen MR) is 124 cm³/mol. The maximum Gasteiger partial charge on any atom is 0.277 e. The van der Waals surface area contributed by atoms with Crippen molar-refractivity contribution in [1.29, 1.82) is 0 Å². The lowest BCUT2D eigenvalue weighted by atomic mass is 10.2. The van der Waals surface area contributed by atoms with Crippen LogP contribution in [0.3, 0.4) is 0 Å². The first-order valence-electron chi connectivity index (χ1n) is 9.78. The van der Waals surface area contributed by atoms with Crippen LogP contribution in [0.4, 0.5) is 0 Å². The van der Waals surface area contributed by atoms with Crippen molar-refractivity contribution in [1.82, 2.24) is 5.43 Å². The number of halogens is 1. The minimum Gasteiger partial charge on any atom is -0.493 e. The molecule has 0 heterocycles. The van der Waals surface area contributed by atoms with Gasteiger partial charge in [0.1, 0.15) is 23.9 Å². The fourth-order valence-corrected chi connectivity index (χ4v) is 3.01. The summed E-state index contributed by atoms with van der Waals surface area (Å²) in [5.74, 6) is 1.62. The quantitative estimate of drug-likeness (QED) is 0.327. The average Bonchev–Trinajstić information content (AvgIpc) is 2.79. The van der Waals surface area contributed by atoms with Gasteiger partial charge in [0.05, 0.1) is 12.8 Å². The van der Waals surface area contributed by atoms with E-state index in [1.54, 1.807) is 24.3 Å². The fraction of sp³-hybridized carbons (Fsp3) is 0.167. The van der Waals surface area contributed by atoms with Gasteiger partial charge in [-0.25, -0.2) is 5.43 Å². The molecule has 6 nitrogen and oxygen atoms in total. The number of benzene rings is 3. The van der Waals surface area contributed by atoms with Gasteiger partial charge >= 0.3 is 0 Å². The molecule has 3 rings (SSSR count). The number of hydrogen-bond donors (Lipinski definition) is 1. The van der Waals surface area contributed by atoms with E-state index >= 15 is 0 Å². The van der Waals surface area contributed by atoms with E-state index in [0.29, 0.717) is 24.7 Å². The maximum absolute atomic E-state index is 12.0. The second kappa shape index (κ2) is 11.8. The molecule has 0 aliphatic heterocycles. The van der Waals surface area contributed by atoms with Crippen LogP contribution in [-0.4, -0.2) is 25.3 Å². The number of nitrogens with one attached hydrogen (secondary N) is 1. The van der Waals surface area contributed by atoms with Crippen molar-refractivity contribution in [2.75, 3.05) is 13.2 Å². The van der Waals surface area contributed by atoms with E-state index in [2.05, 4.69) is 26.5 Å². The van der Waals surface area contributed by atoms with Crippen LogP contribution in [-0.2, 0) is 11.4 Å². The third-order valence-corrected chi connectivity index (χ3v) is 4.60. The summed E-state index contributed by atoms with van der Waals surface area (Å²) in [5, 5.41) is 3.98. The number of hydrazone groups is 1. The van der Waals surface area contributed by atoms with Crippen molar-refractivity contribution in [3.63, 3.8) is 0 Å². The molecule has 0 radical (unpaired) electrons. The first kappa shape index (κ1) is 22.4. The second-order valence-corrected chi connectivity index (χ2v) is 7.36. The van der Waals surface area contributed by atoms with E-state index in [-0.39, 0.29) is 12.5 Å². The predicted octanol–water partition coefficient (Wildman–Crippen LogP) is 4.96. The monoisotopic (exact) mass is 482 g/mol. The molecular weight excluding hydrogens is 460 g/mol. The zero-order valence-electron chi connectivity index (χ0n) is 17.1. The van der Waals surface area contributed by atoms with E-state index in [9.17, 15) is 4.79 Å². The van der Waals surface area contributed by atoms with Gasteiger partial charge in [-0.3, -0.25) is 4.79 Å². The molecule has 31 heavy (non-hydrogen) atoms. The molecule has 0 atom stereocenters. The Morgan fingerprint density at radius 3 is 2.39 bits per heavy atom. The molecule has 0 unspecified atom stereocenters. The number of rotatable bonds is 10. The van der Waals surface area contributed by atoms with Crippen molar-refractivity contribution in [2.24, 2.45) is 5.10 Å². The Bertz CT molecular complexity index is 1010. The van der Waals surface area contributed by atoms with Gasteiger partial charge in [0.15, 0.2) is 6.61 Å². The summed E-state index contributed by atoms with van der Waals surface area (Å²) in [4.78, 5) is 12.0. The van der Waals surface area contributed by atoms with Gasteiger partial charge in [-0.05, 0) is 55.0 Å². The van der Waals surface area contributed by atoms with E-state index in [4.69, 9.17) is 14.2 Å². The Morgan fingerprint density at radius 1 is 0.968 bits per heavy atom. The third-order valence-electron chi connectivity index (χ3n) is 4.11. The molecule has 7 heteroatoms. The highest BCUT2D eigenvalue weighted by Crippen LogP contribution is 2.22. The molecule has 0 saturated heterocycles. The van der Waals surface area contributed by atoms with E-state index < -0.39 is 0 Å². The van der Waals surface area contributed by atoms with Crippen molar-refractivity contribution in [3.8, 4) is 17.2 Å². The average molecular weight is 483 g/mol. The normalized spacial score (nSPS) is 10.6. The smallest absolute Gasteiger partial charge is 0.277 e. The Morgan fingerprint density at radius 2 is 1.68 bits per heavy atom. The number of nitrogens with zero attached hydrogens (tertiary/aromatic N) is 1. The van der Waals surface area contributed by atoms with Crippen LogP contribution in [0.15, 0.2) is 82.4 Å². The number of carbonyl (C=O) groups excluding carboxylic acids is 1. The third kappa shape index (κ3) is 7.46. The van der Waals surface area contributed by atoms with Gasteiger partial charge in [-0.2, -0.15) is 5.10 Å². The Balaban J connectivity index is 1.44. The molecule has 160 valence electrons. The topological polar surface area (TPSA) is 69.2 Å². The lowest BCUT2D eigenvalue weighted by Crippen LogP contribution is -2.24. The number of carbonyl (C=O) groups is 1. The minimum atomic E-state index is -0.367. The van der Waals surface area contributed by atoms with Crippen LogP contribution in [0.25, 0.3) is 0 Å². The standard InChI is InChI=1S/C24H23BrN2O4/c1-2-29-23-13-8-20(25)14-19(23)15-26-27-24(28)17-31-22-11-9-21(10-12-22)30-16-18-6-4-3-5-7-18/h3-15H,2,16-17H2,1H3,(H,27,28)/b26-15-. The number of amides is 1. The summed E-state index contributed by atoms with van der Waals surface area (Å²) in [5.41, 5.74) is 4.30. The molecule has 1 amide bonds. The number of hydrogen-bond acceptors (Lipinski definition) is 5. The van der Waals surface area contributed by atoms with Gasteiger partial charge in [-0.1, -0.05) is 46.3 Å². The molecule has 3 aromatic carbocycles. The summed E-state index contributed by atoms with van der Waals surface area (Å²) in [7, 11) is 0. The first-order chi connectivity index (χ1) is 15.1. The van der Waals surface area contributed by atoms with Crippen LogP contribution < -0.4 is 19.6 Å². The summed E-state index contributed by atoms with van der Waals surface area (Å²) < 4.78 is 17.7. The first-order valence-corrected chi connectivity index (χ1v) is 10.6. The lowest BCUT2D eigenvalue weighted by molar-refractivity contribution is -0.123.